The summed E-state index contributed by atoms with van der Waals surface area (Å²) in [5.41, 5.74) is 2.34. The van der Waals surface area contributed by atoms with Crippen LogP contribution in [0, 0.1) is 29.4 Å². The van der Waals surface area contributed by atoms with Gasteiger partial charge < -0.3 is 0 Å². The summed E-state index contributed by atoms with van der Waals surface area (Å²) in [6.45, 7) is 0. The zero-order valence-electron chi connectivity index (χ0n) is 17.1. The standard InChI is InChI=1S/C27H19F2NO2/c28-23-14-18(11-10-17-6-2-1-3-7-17)15-24(29)26(23)30-25(31)13-12-21-20-9-5-4-8-19(20)16-22(21)27(30)32/h1-9,14-15,21-22H,12-13,16H2. The van der Waals surface area contributed by atoms with E-state index in [9.17, 15) is 9.59 Å². The fraction of sp³-hybridized carbons (Fsp3) is 0.185. The lowest BCUT2D eigenvalue weighted by molar-refractivity contribution is -0.127. The van der Waals surface area contributed by atoms with Gasteiger partial charge >= 0.3 is 0 Å². The van der Waals surface area contributed by atoms with Crippen LogP contribution in [0.1, 0.15) is 41.0 Å². The number of nitrogens with zero attached hydrogens (tertiary/aromatic N) is 1. The minimum Gasteiger partial charge on any atom is -0.274 e. The number of fused-ring (bicyclic) bond motifs is 3. The normalized spacial score (nSPS) is 19.6. The van der Waals surface area contributed by atoms with Crippen molar-refractivity contribution in [1.29, 1.82) is 0 Å². The maximum Gasteiger partial charge on any atom is 0.238 e. The van der Waals surface area contributed by atoms with E-state index >= 15 is 8.78 Å². The maximum absolute atomic E-state index is 15.1. The summed E-state index contributed by atoms with van der Waals surface area (Å²) in [7, 11) is 0. The Morgan fingerprint density at radius 1 is 0.812 bits per heavy atom. The average Bonchev–Trinajstić information content (AvgIpc) is 3.12. The molecule has 5 rings (SSSR count). The SMILES string of the molecule is O=C1CCC2c3ccccc3CC2C(=O)N1c1c(F)cc(C#Cc2ccccc2)cc1F. The van der Waals surface area contributed by atoms with E-state index in [1.807, 2.05) is 42.5 Å². The molecule has 3 aromatic carbocycles. The fourth-order valence-electron chi connectivity index (χ4n) is 4.73. The Bertz CT molecular complexity index is 1270. The molecule has 32 heavy (non-hydrogen) atoms. The Hall–Kier alpha value is -3.78. The van der Waals surface area contributed by atoms with Crippen LogP contribution in [-0.2, 0) is 16.0 Å². The van der Waals surface area contributed by atoms with Crippen molar-refractivity contribution in [3.8, 4) is 11.8 Å². The van der Waals surface area contributed by atoms with Crippen LogP contribution in [0.5, 0.6) is 0 Å². The number of hydrogen-bond acceptors (Lipinski definition) is 2. The molecule has 2 atom stereocenters. The molecule has 3 aromatic rings. The second kappa shape index (κ2) is 8.05. The van der Waals surface area contributed by atoms with Crippen LogP contribution in [0.25, 0.3) is 0 Å². The van der Waals surface area contributed by atoms with Crippen molar-refractivity contribution in [2.45, 2.75) is 25.2 Å². The molecule has 158 valence electrons. The van der Waals surface area contributed by atoms with Gasteiger partial charge in [-0.15, -0.1) is 0 Å². The van der Waals surface area contributed by atoms with Crippen molar-refractivity contribution < 1.29 is 18.4 Å². The number of benzene rings is 3. The Labute approximate surface area is 184 Å². The second-order valence-electron chi connectivity index (χ2n) is 8.13. The van der Waals surface area contributed by atoms with Crippen LogP contribution in [0.2, 0.25) is 0 Å². The van der Waals surface area contributed by atoms with Crippen molar-refractivity contribution in [3.05, 3.63) is 101 Å². The summed E-state index contributed by atoms with van der Waals surface area (Å²) in [6.07, 6.45) is 0.996. The topological polar surface area (TPSA) is 37.4 Å². The average molecular weight is 427 g/mol. The van der Waals surface area contributed by atoms with Gasteiger partial charge in [0.25, 0.3) is 0 Å². The Morgan fingerprint density at radius 3 is 2.22 bits per heavy atom. The lowest BCUT2D eigenvalue weighted by atomic mass is 9.89. The molecule has 1 aliphatic heterocycles. The highest BCUT2D eigenvalue weighted by molar-refractivity contribution is 6.16. The lowest BCUT2D eigenvalue weighted by Gasteiger charge is -2.23. The molecule has 5 heteroatoms. The number of carbonyl (C=O) groups excluding carboxylic acids is 2. The van der Waals surface area contributed by atoms with E-state index in [0.717, 1.165) is 28.2 Å². The smallest absolute Gasteiger partial charge is 0.238 e. The van der Waals surface area contributed by atoms with Gasteiger partial charge in [0, 0.05) is 23.5 Å². The van der Waals surface area contributed by atoms with Crippen LogP contribution in [0.15, 0.2) is 66.7 Å². The maximum atomic E-state index is 15.1. The minimum atomic E-state index is -0.974. The first-order valence-corrected chi connectivity index (χ1v) is 10.5. The Kier molecular flexibility index (Phi) is 5.07. The van der Waals surface area contributed by atoms with Gasteiger partial charge in [-0.1, -0.05) is 54.3 Å². The highest BCUT2D eigenvalue weighted by atomic mass is 19.1. The molecule has 1 fully saturated rings. The van der Waals surface area contributed by atoms with Gasteiger partial charge in [0.2, 0.25) is 11.8 Å². The number of anilines is 1. The predicted molar refractivity (Wildman–Crippen MR) is 117 cm³/mol. The van der Waals surface area contributed by atoms with Gasteiger partial charge in [-0.2, -0.15) is 0 Å². The van der Waals surface area contributed by atoms with E-state index in [-0.39, 0.29) is 17.9 Å². The summed E-state index contributed by atoms with van der Waals surface area (Å²) in [4.78, 5) is 26.9. The van der Waals surface area contributed by atoms with Crippen molar-refractivity contribution in [2.75, 3.05) is 4.90 Å². The Morgan fingerprint density at radius 2 is 1.47 bits per heavy atom. The lowest BCUT2D eigenvalue weighted by Crippen LogP contribution is -2.40. The van der Waals surface area contributed by atoms with Crippen LogP contribution in [0.4, 0.5) is 14.5 Å². The summed E-state index contributed by atoms with van der Waals surface area (Å²) < 4.78 is 30.1. The van der Waals surface area contributed by atoms with E-state index < -0.39 is 35.1 Å². The van der Waals surface area contributed by atoms with Gasteiger partial charge in [-0.05, 0) is 54.2 Å². The van der Waals surface area contributed by atoms with Crippen molar-refractivity contribution in [2.24, 2.45) is 5.92 Å². The Balaban J connectivity index is 1.50. The molecule has 0 radical (unpaired) electrons. The highest BCUT2D eigenvalue weighted by Crippen LogP contribution is 2.44. The van der Waals surface area contributed by atoms with E-state index in [2.05, 4.69) is 11.8 Å². The number of carbonyl (C=O) groups is 2. The quantitative estimate of drug-likeness (QED) is 0.406. The second-order valence-corrected chi connectivity index (χ2v) is 8.13. The zero-order valence-corrected chi connectivity index (χ0v) is 17.1. The largest absolute Gasteiger partial charge is 0.274 e. The summed E-state index contributed by atoms with van der Waals surface area (Å²) in [5, 5.41) is 0. The van der Waals surface area contributed by atoms with E-state index in [1.165, 1.54) is 0 Å². The molecule has 0 saturated carbocycles. The fourth-order valence-corrected chi connectivity index (χ4v) is 4.73. The van der Waals surface area contributed by atoms with Crippen molar-refractivity contribution >= 4 is 17.5 Å². The molecule has 0 spiro atoms. The molecule has 0 aromatic heterocycles. The first-order valence-electron chi connectivity index (χ1n) is 10.5. The molecule has 2 aliphatic rings. The number of halogens is 2. The van der Waals surface area contributed by atoms with Crippen LogP contribution >= 0.6 is 0 Å². The molecule has 0 bridgehead atoms. The number of imide groups is 1. The van der Waals surface area contributed by atoms with Crippen LogP contribution in [0.3, 0.4) is 0 Å². The molecular weight excluding hydrogens is 408 g/mol. The molecule has 1 heterocycles. The van der Waals surface area contributed by atoms with Gasteiger partial charge in [0.05, 0.1) is 0 Å². The van der Waals surface area contributed by atoms with Gasteiger partial charge in [0.15, 0.2) is 11.6 Å². The first-order chi connectivity index (χ1) is 15.5. The third-order valence-electron chi connectivity index (χ3n) is 6.20. The molecule has 1 aliphatic carbocycles. The zero-order chi connectivity index (χ0) is 22.2. The molecular formula is C27H19F2NO2. The van der Waals surface area contributed by atoms with E-state index in [1.54, 1.807) is 12.1 Å². The summed E-state index contributed by atoms with van der Waals surface area (Å²) in [5.74, 6) is 1.89. The van der Waals surface area contributed by atoms with Crippen molar-refractivity contribution in [1.82, 2.24) is 0 Å². The first kappa shape index (κ1) is 20.1. The van der Waals surface area contributed by atoms with E-state index in [0.29, 0.717) is 18.4 Å². The van der Waals surface area contributed by atoms with Crippen LogP contribution < -0.4 is 4.90 Å². The van der Waals surface area contributed by atoms with Crippen LogP contribution in [-0.4, -0.2) is 11.8 Å². The predicted octanol–water partition coefficient (Wildman–Crippen LogP) is 4.97. The summed E-state index contributed by atoms with van der Waals surface area (Å²) in [6, 6.07) is 19.0. The molecule has 2 amide bonds. The number of amides is 2. The number of hydrogen-bond donors (Lipinski definition) is 0. The molecule has 2 unspecified atom stereocenters. The van der Waals surface area contributed by atoms with Gasteiger partial charge in [-0.25, -0.2) is 13.7 Å². The third kappa shape index (κ3) is 3.48. The summed E-state index contributed by atoms with van der Waals surface area (Å²) >= 11 is 0. The van der Waals surface area contributed by atoms with E-state index in [4.69, 9.17) is 0 Å². The van der Waals surface area contributed by atoms with Gasteiger partial charge in [0.1, 0.15) is 5.69 Å². The highest BCUT2D eigenvalue weighted by Gasteiger charge is 2.45. The molecule has 1 saturated heterocycles. The molecule has 0 N–H and O–H groups in total. The van der Waals surface area contributed by atoms with Crippen molar-refractivity contribution in [3.63, 3.8) is 0 Å². The third-order valence-corrected chi connectivity index (χ3v) is 6.20. The minimum absolute atomic E-state index is 0.0513. The number of rotatable bonds is 1. The van der Waals surface area contributed by atoms with Gasteiger partial charge in [-0.3, -0.25) is 9.59 Å². The molecule has 3 nitrogen and oxygen atoms in total. The monoisotopic (exact) mass is 427 g/mol.